The zero-order valence-corrected chi connectivity index (χ0v) is 10.9. The van der Waals surface area contributed by atoms with Crippen molar-refractivity contribution < 1.29 is 15.3 Å². The molecular formula is C15H17NO3. The summed E-state index contributed by atoms with van der Waals surface area (Å²) in [6.45, 7) is 4.03. The van der Waals surface area contributed by atoms with Crippen LogP contribution < -0.4 is 5.32 Å². The maximum atomic E-state index is 9.85. The Labute approximate surface area is 112 Å². The zero-order chi connectivity index (χ0) is 14.0. The third-order valence-corrected chi connectivity index (χ3v) is 3.20. The summed E-state index contributed by atoms with van der Waals surface area (Å²) in [5, 5.41) is 32.1. The number of aromatic hydroxyl groups is 3. The second-order valence-electron chi connectivity index (χ2n) is 4.54. The van der Waals surface area contributed by atoms with E-state index in [0.29, 0.717) is 12.1 Å². The number of rotatable bonds is 3. The van der Waals surface area contributed by atoms with Gasteiger partial charge in [-0.15, -0.1) is 0 Å². The van der Waals surface area contributed by atoms with Crippen molar-refractivity contribution in [3.05, 3.63) is 47.0 Å². The number of hydrogen-bond acceptors (Lipinski definition) is 4. The lowest BCUT2D eigenvalue weighted by atomic mass is 10.1. The summed E-state index contributed by atoms with van der Waals surface area (Å²) in [5.74, 6) is 0.0110. The van der Waals surface area contributed by atoms with Gasteiger partial charge in [0.05, 0.1) is 0 Å². The fraction of sp³-hybridized carbons (Fsp3) is 0.200. The largest absolute Gasteiger partial charge is 0.507 e. The van der Waals surface area contributed by atoms with E-state index in [1.165, 1.54) is 6.07 Å². The van der Waals surface area contributed by atoms with Crippen LogP contribution in [0, 0.1) is 13.8 Å². The third-order valence-electron chi connectivity index (χ3n) is 3.20. The Kier molecular flexibility index (Phi) is 3.51. The Morgan fingerprint density at radius 2 is 1.68 bits per heavy atom. The van der Waals surface area contributed by atoms with Gasteiger partial charge in [0.25, 0.3) is 0 Å². The number of para-hydroxylation sites is 1. The van der Waals surface area contributed by atoms with Crippen LogP contribution in [0.15, 0.2) is 30.3 Å². The van der Waals surface area contributed by atoms with Gasteiger partial charge >= 0.3 is 0 Å². The topological polar surface area (TPSA) is 72.7 Å². The molecule has 100 valence electrons. The number of hydrogen-bond donors (Lipinski definition) is 4. The highest BCUT2D eigenvalue weighted by Crippen LogP contribution is 2.31. The minimum absolute atomic E-state index is 0.121. The molecule has 0 unspecified atom stereocenters. The highest BCUT2D eigenvalue weighted by molar-refractivity contribution is 5.59. The van der Waals surface area contributed by atoms with Gasteiger partial charge in [-0.3, -0.25) is 0 Å². The number of phenols is 3. The first-order chi connectivity index (χ1) is 9.00. The van der Waals surface area contributed by atoms with Gasteiger partial charge in [-0.1, -0.05) is 18.2 Å². The number of aryl methyl sites for hydroxylation is 1. The summed E-state index contributed by atoms with van der Waals surface area (Å²) in [7, 11) is 0. The molecule has 0 saturated carbocycles. The smallest absolute Gasteiger partial charge is 0.162 e. The molecule has 4 heteroatoms. The predicted molar refractivity (Wildman–Crippen MR) is 74.7 cm³/mol. The maximum Gasteiger partial charge on any atom is 0.162 e. The second-order valence-corrected chi connectivity index (χ2v) is 4.54. The molecule has 0 bridgehead atoms. The normalized spacial score (nSPS) is 10.4. The van der Waals surface area contributed by atoms with Gasteiger partial charge < -0.3 is 20.6 Å². The molecule has 4 nitrogen and oxygen atoms in total. The molecule has 0 aliphatic carbocycles. The van der Waals surface area contributed by atoms with Crippen LogP contribution in [-0.2, 0) is 6.54 Å². The molecule has 2 aromatic carbocycles. The Morgan fingerprint density at radius 1 is 0.947 bits per heavy atom. The van der Waals surface area contributed by atoms with Crippen molar-refractivity contribution in [3.63, 3.8) is 0 Å². The van der Waals surface area contributed by atoms with E-state index >= 15 is 0 Å². The molecule has 0 saturated heterocycles. The van der Waals surface area contributed by atoms with Crippen LogP contribution in [0.5, 0.6) is 17.2 Å². The molecule has 2 aromatic rings. The SMILES string of the molecule is Cc1ccc(NCc2cccc(O)c2O)c(C)c1O. The standard InChI is InChI=1S/C15H17NO3/c1-9-6-7-12(10(2)14(9)18)16-8-11-4-3-5-13(17)15(11)19/h3-7,16-19H,8H2,1-2H3. The quantitative estimate of drug-likeness (QED) is 0.639. The average Bonchev–Trinajstić information content (AvgIpc) is 2.40. The molecule has 2 rings (SSSR count). The highest BCUT2D eigenvalue weighted by Gasteiger charge is 2.08. The Hall–Kier alpha value is -2.36. The lowest BCUT2D eigenvalue weighted by molar-refractivity contribution is 0.400. The summed E-state index contributed by atoms with van der Waals surface area (Å²) >= 11 is 0. The van der Waals surface area contributed by atoms with E-state index in [1.54, 1.807) is 12.1 Å². The lowest BCUT2D eigenvalue weighted by Gasteiger charge is -2.13. The molecule has 0 fully saturated rings. The minimum atomic E-state index is -0.136. The van der Waals surface area contributed by atoms with Crippen LogP contribution in [-0.4, -0.2) is 15.3 Å². The summed E-state index contributed by atoms with van der Waals surface area (Å²) in [6, 6.07) is 8.54. The van der Waals surface area contributed by atoms with Gasteiger partial charge in [0.15, 0.2) is 11.5 Å². The Bertz CT molecular complexity index is 609. The molecule has 0 radical (unpaired) electrons. The third kappa shape index (κ3) is 2.57. The number of nitrogens with one attached hydrogen (secondary N) is 1. The first kappa shape index (κ1) is 13.1. The van der Waals surface area contributed by atoms with Crippen molar-refractivity contribution >= 4 is 5.69 Å². The second kappa shape index (κ2) is 5.10. The summed E-state index contributed by atoms with van der Waals surface area (Å²) < 4.78 is 0. The van der Waals surface area contributed by atoms with Gasteiger partial charge in [0, 0.05) is 23.4 Å². The van der Waals surface area contributed by atoms with Crippen molar-refractivity contribution in [1.82, 2.24) is 0 Å². The van der Waals surface area contributed by atoms with Gasteiger partial charge in [-0.25, -0.2) is 0 Å². The van der Waals surface area contributed by atoms with E-state index in [0.717, 1.165) is 16.8 Å². The van der Waals surface area contributed by atoms with E-state index in [1.807, 2.05) is 26.0 Å². The Balaban J connectivity index is 2.20. The van der Waals surface area contributed by atoms with Crippen LogP contribution in [0.4, 0.5) is 5.69 Å². The van der Waals surface area contributed by atoms with Crippen molar-refractivity contribution in [2.24, 2.45) is 0 Å². The number of anilines is 1. The van der Waals surface area contributed by atoms with Crippen LogP contribution in [0.3, 0.4) is 0 Å². The monoisotopic (exact) mass is 259 g/mol. The molecule has 0 spiro atoms. The van der Waals surface area contributed by atoms with E-state index in [4.69, 9.17) is 0 Å². The molecule has 4 N–H and O–H groups in total. The van der Waals surface area contributed by atoms with Crippen LogP contribution >= 0.6 is 0 Å². The molecule has 0 aliphatic rings. The lowest BCUT2D eigenvalue weighted by Crippen LogP contribution is -2.01. The molecule has 0 amide bonds. The minimum Gasteiger partial charge on any atom is -0.507 e. The number of benzene rings is 2. The summed E-state index contributed by atoms with van der Waals surface area (Å²) in [5.41, 5.74) is 2.98. The van der Waals surface area contributed by atoms with Crippen LogP contribution in [0.2, 0.25) is 0 Å². The van der Waals surface area contributed by atoms with E-state index in [9.17, 15) is 15.3 Å². The summed E-state index contributed by atoms with van der Waals surface area (Å²) in [6.07, 6.45) is 0. The zero-order valence-electron chi connectivity index (χ0n) is 10.9. The predicted octanol–water partition coefficient (Wildman–Crippen LogP) is 3.03. The maximum absolute atomic E-state index is 9.85. The van der Waals surface area contributed by atoms with Gasteiger partial charge in [-0.2, -0.15) is 0 Å². The Morgan fingerprint density at radius 3 is 2.42 bits per heavy atom. The van der Waals surface area contributed by atoms with Crippen LogP contribution in [0.1, 0.15) is 16.7 Å². The fourth-order valence-electron chi connectivity index (χ4n) is 1.94. The fourth-order valence-corrected chi connectivity index (χ4v) is 1.94. The molecule has 0 aromatic heterocycles. The number of phenolic OH excluding ortho intramolecular Hbond substituents is 3. The highest BCUT2D eigenvalue weighted by atomic mass is 16.3. The molecule has 0 heterocycles. The first-order valence-corrected chi connectivity index (χ1v) is 6.03. The van der Waals surface area contributed by atoms with Gasteiger partial charge in [0.2, 0.25) is 0 Å². The van der Waals surface area contributed by atoms with Crippen molar-refractivity contribution in [2.45, 2.75) is 20.4 Å². The summed E-state index contributed by atoms with van der Waals surface area (Å²) in [4.78, 5) is 0. The molecule has 0 aliphatic heterocycles. The molecular weight excluding hydrogens is 242 g/mol. The van der Waals surface area contributed by atoms with E-state index < -0.39 is 0 Å². The van der Waals surface area contributed by atoms with Crippen LogP contribution in [0.25, 0.3) is 0 Å². The van der Waals surface area contributed by atoms with Crippen molar-refractivity contribution in [3.8, 4) is 17.2 Å². The van der Waals surface area contributed by atoms with E-state index in [-0.39, 0.29) is 17.2 Å². The molecule has 19 heavy (non-hydrogen) atoms. The van der Waals surface area contributed by atoms with Gasteiger partial charge in [-0.05, 0) is 31.5 Å². The first-order valence-electron chi connectivity index (χ1n) is 6.03. The van der Waals surface area contributed by atoms with Crippen molar-refractivity contribution in [2.75, 3.05) is 5.32 Å². The molecule has 0 atom stereocenters. The average molecular weight is 259 g/mol. The van der Waals surface area contributed by atoms with Gasteiger partial charge in [0.1, 0.15) is 5.75 Å². The van der Waals surface area contributed by atoms with E-state index in [2.05, 4.69) is 5.32 Å². The van der Waals surface area contributed by atoms with Crippen molar-refractivity contribution in [1.29, 1.82) is 0 Å².